The molecular weight excluding hydrogens is 264 g/mol. The highest BCUT2D eigenvalue weighted by Crippen LogP contribution is 2.54. The van der Waals surface area contributed by atoms with Crippen molar-refractivity contribution in [3.63, 3.8) is 0 Å². The van der Waals surface area contributed by atoms with Crippen molar-refractivity contribution in [2.45, 2.75) is 23.7 Å². The summed E-state index contributed by atoms with van der Waals surface area (Å²) in [5, 5.41) is 9.46. The molecule has 1 aromatic rings. The summed E-state index contributed by atoms with van der Waals surface area (Å²) < 4.78 is 5.93. The lowest BCUT2D eigenvalue weighted by molar-refractivity contribution is -0.0128. The summed E-state index contributed by atoms with van der Waals surface area (Å²) in [6, 6.07) is 7.89. The topological polar surface area (TPSA) is 54.5 Å². The Morgan fingerprint density at radius 3 is 2.89 bits per heavy atom. The number of rotatable bonds is 1. The van der Waals surface area contributed by atoms with Crippen LogP contribution in [-0.2, 0) is 20.5 Å². The molecule has 1 aromatic carbocycles. The summed E-state index contributed by atoms with van der Waals surface area (Å²) >= 11 is 1.67. The Morgan fingerprint density at radius 2 is 2.11 bits per heavy atom. The van der Waals surface area contributed by atoms with Gasteiger partial charge in [-0.2, -0.15) is 0 Å². The van der Waals surface area contributed by atoms with Crippen LogP contribution in [0, 0.1) is 0 Å². The molecule has 0 amide bonds. The Bertz CT molecular complexity index is 601. The molecule has 2 heterocycles. The molecule has 19 heavy (non-hydrogen) atoms. The minimum absolute atomic E-state index is 0.0359. The summed E-state index contributed by atoms with van der Waals surface area (Å²) in [6.45, 7) is -0.0359. The van der Waals surface area contributed by atoms with E-state index >= 15 is 0 Å². The smallest absolute Gasteiger partial charge is 0.411 e. The zero-order chi connectivity index (χ0) is 12.9. The number of benzene rings is 1. The number of hydrogen-bond donors (Lipinski definition) is 1. The van der Waals surface area contributed by atoms with E-state index in [1.54, 1.807) is 11.8 Å². The van der Waals surface area contributed by atoms with Gasteiger partial charge in [0, 0.05) is 15.4 Å². The molecule has 0 unspecified atom stereocenters. The van der Waals surface area contributed by atoms with Gasteiger partial charge in [-0.1, -0.05) is 30.0 Å². The summed E-state index contributed by atoms with van der Waals surface area (Å²) in [4.78, 5) is 12.4. The number of aliphatic hydroxyl groups is 1. The molecule has 1 N–H and O–H groups in total. The van der Waals surface area contributed by atoms with Gasteiger partial charge in [0.15, 0.2) is 0 Å². The molecule has 98 valence electrons. The molecule has 4 rings (SSSR count). The van der Waals surface area contributed by atoms with Crippen LogP contribution >= 0.6 is 11.8 Å². The fourth-order valence-electron chi connectivity index (χ4n) is 2.41. The van der Waals surface area contributed by atoms with Crippen LogP contribution in [0.3, 0.4) is 0 Å². The molecule has 3 aliphatic rings. The van der Waals surface area contributed by atoms with Crippen molar-refractivity contribution in [2.24, 2.45) is 0 Å². The minimum Gasteiger partial charge on any atom is -0.431 e. The van der Waals surface area contributed by atoms with Gasteiger partial charge in [0.25, 0.3) is 0 Å². The highest BCUT2D eigenvalue weighted by Gasteiger charge is 2.58. The normalized spacial score (nSPS) is 23.1. The largest absolute Gasteiger partial charge is 0.431 e. The Labute approximate surface area is 114 Å². The second-order valence-electron chi connectivity index (χ2n) is 4.60. The van der Waals surface area contributed by atoms with E-state index < -0.39 is 5.97 Å². The van der Waals surface area contributed by atoms with Crippen molar-refractivity contribution in [2.75, 3.05) is 6.61 Å². The first kappa shape index (κ1) is 11.5. The van der Waals surface area contributed by atoms with Crippen LogP contribution in [0.2, 0.25) is 0 Å². The maximum atomic E-state index is 9.46. The van der Waals surface area contributed by atoms with Crippen LogP contribution in [0.15, 0.2) is 51.5 Å². The maximum Gasteiger partial charge on any atom is 0.411 e. The minimum atomic E-state index is -1.12. The molecule has 0 bridgehead atoms. The zero-order valence-corrected chi connectivity index (χ0v) is 10.9. The number of hydrogen-bond acceptors (Lipinski definition) is 5. The summed E-state index contributed by atoms with van der Waals surface area (Å²) in [7, 11) is 0. The lowest BCUT2D eigenvalue weighted by Crippen LogP contribution is -2.16. The van der Waals surface area contributed by atoms with E-state index in [-0.39, 0.29) is 6.61 Å². The molecule has 0 aromatic heterocycles. The van der Waals surface area contributed by atoms with Gasteiger partial charge < -0.3 is 9.84 Å². The molecule has 5 heteroatoms. The fraction of sp³-hybridized carbons (Fsp3) is 0.286. The predicted octanol–water partition coefficient (Wildman–Crippen LogP) is 2.81. The third-order valence-corrected chi connectivity index (χ3v) is 4.61. The molecule has 1 spiro atoms. The Balaban J connectivity index is 1.84. The van der Waals surface area contributed by atoms with Crippen molar-refractivity contribution in [1.82, 2.24) is 0 Å². The van der Waals surface area contributed by atoms with Crippen molar-refractivity contribution in [3.8, 4) is 0 Å². The quantitative estimate of drug-likeness (QED) is 0.631. The van der Waals surface area contributed by atoms with E-state index in [1.165, 1.54) is 0 Å². The fourth-order valence-corrected chi connectivity index (χ4v) is 3.61. The number of fused-ring (bicyclic) bond motifs is 2. The average Bonchev–Trinajstić information content (AvgIpc) is 3.23. The number of thioether (sulfide) groups is 1. The van der Waals surface area contributed by atoms with Crippen LogP contribution in [0.5, 0.6) is 0 Å². The standard InChI is InChI=1S/C14H12O4S/c15-8-9-4-3-7-12-13(9)16-14(17-18-14)10-5-1-2-6-11(10)19-12/h1-2,4-6,15H,3,7-8H2. The lowest BCUT2D eigenvalue weighted by Gasteiger charge is -2.19. The van der Waals surface area contributed by atoms with Crippen molar-refractivity contribution < 1.29 is 19.6 Å². The SMILES string of the molecule is OCC1=CCCC2=C1OC1(OO1)c1ccccc1S2. The van der Waals surface area contributed by atoms with Gasteiger partial charge in [0.05, 0.1) is 12.2 Å². The Hall–Kier alpha value is -1.27. The second kappa shape index (κ2) is 4.11. The van der Waals surface area contributed by atoms with Gasteiger partial charge in [-0.25, -0.2) is 0 Å². The van der Waals surface area contributed by atoms with Crippen LogP contribution in [0.4, 0.5) is 0 Å². The Kier molecular flexibility index (Phi) is 2.50. The highest BCUT2D eigenvalue weighted by atomic mass is 32.2. The van der Waals surface area contributed by atoms with Gasteiger partial charge in [-0.15, -0.1) is 9.78 Å². The van der Waals surface area contributed by atoms with Gasteiger partial charge in [-0.05, 0) is 25.0 Å². The van der Waals surface area contributed by atoms with E-state index in [4.69, 9.17) is 14.5 Å². The summed E-state index contributed by atoms with van der Waals surface area (Å²) in [5.74, 6) is -0.417. The van der Waals surface area contributed by atoms with Gasteiger partial charge in [0.1, 0.15) is 5.76 Å². The first-order valence-corrected chi connectivity index (χ1v) is 7.01. The highest BCUT2D eigenvalue weighted by molar-refractivity contribution is 8.03. The van der Waals surface area contributed by atoms with Crippen LogP contribution in [0.1, 0.15) is 18.4 Å². The van der Waals surface area contributed by atoms with E-state index in [0.717, 1.165) is 33.8 Å². The lowest BCUT2D eigenvalue weighted by atomic mass is 10.1. The van der Waals surface area contributed by atoms with E-state index in [9.17, 15) is 5.11 Å². The molecule has 2 aliphatic heterocycles. The third kappa shape index (κ3) is 1.74. The molecule has 0 saturated carbocycles. The molecular formula is C14H12O4S. The van der Waals surface area contributed by atoms with Crippen LogP contribution in [0.25, 0.3) is 0 Å². The zero-order valence-electron chi connectivity index (χ0n) is 10.1. The predicted molar refractivity (Wildman–Crippen MR) is 68.7 cm³/mol. The molecule has 1 aliphatic carbocycles. The summed E-state index contributed by atoms with van der Waals surface area (Å²) in [5.41, 5.74) is 1.69. The first-order chi connectivity index (χ1) is 9.32. The van der Waals surface area contributed by atoms with E-state index in [0.29, 0.717) is 5.76 Å². The van der Waals surface area contributed by atoms with Crippen LogP contribution < -0.4 is 0 Å². The third-order valence-electron chi connectivity index (χ3n) is 3.40. The van der Waals surface area contributed by atoms with E-state index in [2.05, 4.69) is 0 Å². The van der Waals surface area contributed by atoms with Crippen LogP contribution in [-0.4, -0.2) is 11.7 Å². The molecule has 0 atom stereocenters. The molecule has 4 nitrogen and oxygen atoms in total. The maximum absolute atomic E-state index is 9.46. The van der Waals surface area contributed by atoms with Crippen molar-refractivity contribution in [3.05, 3.63) is 52.1 Å². The monoisotopic (exact) mass is 276 g/mol. The van der Waals surface area contributed by atoms with Crippen molar-refractivity contribution in [1.29, 1.82) is 0 Å². The first-order valence-electron chi connectivity index (χ1n) is 6.19. The number of aliphatic hydroxyl groups excluding tert-OH is 1. The van der Waals surface area contributed by atoms with Gasteiger partial charge >= 0.3 is 5.97 Å². The number of allylic oxidation sites excluding steroid dienone is 2. The van der Waals surface area contributed by atoms with Crippen molar-refractivity contribution >= 4 is 11.8 Å². The Morgan fingerprint density at radius 1 is 1.26 bits per heavy atom. The molecule has 1 fully saturated rings. The molecule has 1 saturated heterocycles. The van der Waals surface area contributed by atoms with E-state index in [1.807, 2.05) is 30.3 Å². The second-order valence-corrected chi connectivity index (χ2v) is 5.74. The average molecular weight is 276 g/mol. The number of ether oxygens (including phenoxy) is 1. The molecule has 0 radical (unpaired) electrons. The summed E-state index contributed by atoms with van der Waals surface area (Å²) in [6.07, 6.45) is 3.83. The van der Waals surface area contributed by atoms with Gasteiger partial charge in [-0.3, -0.25) is 0 Å². The van der Waals surface area contributed by atoms with Gasteiger partial charge in [0.2, 0.25) is 0 Å².